The lowest BCUT2D eigenvalue weighted by molar-refractivity contribution is 0.0694. The van der Waals surface area contributed by atoms with E-state index < -0.39 is 5.97 Å². The van der Waals surface area contributed by atoms with Crippen LogP contribution in [0.5, 0.6) is 0 Å². The lowest BCUT2D eigenvalue weighted by atomic mass is 10.0. The van der Waals surface area contributed by atoms with Gasteiger partial charge in [-0.05, 0) is 61.4 Å². The third kappa shape index (κ3) is 4.31. The molecule has 1 fully saturated rings. The molecule has 0 aliphatic carbocycles. The van der Waals surface area contributed by atoms with E-state index in [2.05, 4.69) is 28.9 Å². The van der Waals surface area contributed by atoms with Gasteiger partial charge in [0.1, 0.15) is 0 Å². The van der Waals surface area contributed by atoms with Gasteiger partial charge in [-0.3, -0.25) is 0 Å². The topological polar surface area (TPSA) is 66.3 Å². The first-order valence-electron chi connectivity index (χ1n) is 10.2. The van der Waals surface area contributed by atoms with Crippen molar-refractivity contribution in [2.75, 3.05) is 11.4 Å². The van der Waals surface area contributed by atoms with E-state index in [9.17, 15) is 9.90 Å². The number of halogens is 1. The third-order valence-electron chi connectivity index (χ3n) is 5.74. The molecule has 2 heterocycles. The van der Waals surface area contributed by atoms with Gasteiger partial charge < -0.3 is 10.0 Å². The Labute approximate surface area is 181 Å². The molecule has 1 aromatic heterocycles. The van der Waals surface area contributed by atoms with E-state index in [1.165, 1.54) is 22.9 Å². The zero-order valence-corrected chi connectivity index (χ0v) is 17.6. The van der Waals surface area contributed by atoms with Crippen LogP contribution in [0, 0.1) is 6.92 Å². The number of benzene rings is 2. The van der Waals surface area contributed by atoms with Gasteiger partial charge in [0, 0.05) is 17.8 Å². The average molecular weight is 422 g/mol. The minimum absolute atomic E-state index is 0.169. The van der Waals surface area contributed by atoms with Crippen LogP contribution in [0.25, 0.3) is 0 Å². The molecule has 0 spiro atoms. The van der Waals surface area contributed by atoms with Crippen LogP contribution in [0.4, 0.5) is 5.95 Å². The molecule has 1 aliphatic heterocycles. The molecule has 6 heteroatoms. The van der Waals surface area contributed by atoms with E-state index in [1.807, 2.05) is 36.4 Å². The van der Waals surface area contributed by atoms with E-state index in [1.54, 1.807) is 0 Å². The van der Waals surface area contributed by atoms with Crippen molar-refractivity contribution in [1.29, 1.82) is 0 Å². The summed E-state index contributed by atoms with van der Waals surface area (Å²) in [5.74, 6) is -0.394. The van der Waals surface area contributed by atoms with Crippen LogP contribution in [0.3, 0.4) is 0 Å². The highest BCUT2D eigenvalue weighted by Crippen LogP contribution is 2.35. The molecular weight excluding hydrogens is 398 g/mol. The van der Waals surface area contributed by atoms with Gasteiger partial charge in [0.2, 0.25) is 5.95 Å². The lowest BCUT2D eigenvalue weighted by Crippen LogP contribution is -2.25. The Hall–Kier alpha value is -2.92. The minimum atomic E-state index is -0.989. The first-order chi connectivity index (χ1) is 14.5. The summed E-state index contributed by atoms with van der Waals surface area (Å²) < 4.78 is 0. The number of hydrogen-bond acceptors (Lipinski definition) is 4. The predicted octanol–water partition coefficient (Wildman–Crippen LogP) is 5.26. The van der Waals surface area contributed by atoms with Crippen LogP contribution in [0.1, 0.15) is 51.6 Å². The summed E-state index contributed by atoms with van der Waals surface area (Å²) >= 11 is 6.04. The number of anilines is 1. The van der Waals surface area contributed by atoms with Crippen LogP contribution in [-0.2, 0) is 12.8 Å². The molecule has 1 aliphatic rings. The highest BCUT2D eigenvalue weighted by Gasteiger charge is 2.29. The van der Waals surface area contributed by atoms with Crippen LogP contribution in [0.15, 0.2) is 54.7 Å². The molecule has 3 aromatic rings. The molecule has 0 saturated carbocycles. The van der Waals surface area contributed by atoms with Crippen LogP contribution >= 0.6 is 11.6 Å². The molecule has 0 radical (unpaired) electrons. The van der Waals surface area contributed by atoms with Gasteiger partial charge in [-0.2, -0.15) is 0 Å². The van der Waals surface area contributed by atoms with Crippen molar-refractivity contribution in [2.45, 2.75) is 38.6 Å². The first-order valence-corrected chi connectivity index (χ1v) is 10.6. The van der Waals surface area contributed by atoms with Gasteiger partial charge in [-0.25, -0.2) is 14.8 Å². The van der Waals surface area contributed by atoms with Gasteiger partial charge in [0.05, 0.1) is 17.3 Å². The Morgan fingerprint density at radius 1 is 1.17 bits per heavy atom. The van der Waals surface area contributed by atoms with Crippen LogP contribution in [-0.4, -0.2) is 27.6 Å². The quantitative estimate of drug-likeness (QED) is 0.587. The van der Waals surface area contributed by atoms with E-state index in [4.69, 9.17) is 16.6 Å². The smallest absolute Gasteiger partial charge is 0.339 e. The van der Waals surface area contributed by atoms with Crippen molar-refractivity contribution >= 4 is 23.5 Å². The Morgan fingerprint density at radius 2 is 1.93 bits per heavy atom. The summed E-state index contributed by atoms with van der Waals surface area (Å²) in [7, 11) is 0. The van der Waals surface area contributed by atoms with Gasteiger partial charge in [-0.1, -0.05) is 48.0 Å². The van der Waals surface area contributed by atoms with Crippen molar-refractivity contribution in [3.8, 4) is 0 Å². The molecule has 2 aromatic carbocycles. The van der Waals surface area contributed by atoms with Gasteiger partial charge in [-0.15, -0.1) is 0 Å². The number of aromatic carboxylic acids is 1. The number of aromatic nitrogens is 2. The average Bonchev–Trinajstić information content (AvgIpc) is 3.23. The summed E-state index contributed by atoms with van der Waals surface area (Å²) in [5.41, 5.74) is 4.33. The van der Waals surface area contributed by atoms with Crippen molar-refractivity contribution in [2.24, 2.45) is 0 Å². The Morgan fingerprint density at radius 3 is 2.67 bits per heavy atom. The number of carbonyl (C=O) groups is 1. The van der Waals surface area contributed by atoms with Gasteiger partial charge in [0.15, 0.2) is 0 Å². The van der Waals surface area contributed by atoms with Crippen molar-refractivity contribution in [3.63, 3.8) is 0 Å². The van der Waals surface area contributed by atoms with E-state index in [-0.39, 0.29) is 11.6 Å². The molecular formula is C24H24ClN3O2. The molecule has 1 N–H and O–H groups in total. The fourth-order valence-corrected chi connectivity index (χ4v) is 4.22. The monoisotopic (exact) mass is 421 g/mol. The predicted molar refractivity (Wildman–Crippen MR) is 118 cm³/mol. The van der Waals surface area contributed by atoms with Crippen molar-refractivity contribution in [3.05, 3.63) is 87.7 Å². The zero-order chi connectivity index (χ0) is 21.1. The largest absolute Gasteiger partial charge is 0.478 e. The zero-order valence-electron chi connectivity index (χ0n) is 16.9. The Bertz CT molecular complexity index is 1050. The second kappa shape index (κ2) is 8.84. The highest BCUT2D eigenvalue weighted by molar-refractivity contribution is 6.30. The number of nitrogens with zero attached hydrogens (tertiary/aromatic N) is 3. The number of carboxylic acids is 1. The SMILES string of the molecule is Cc1ccccc1CCc1nc(N2CCC[C@H]2c2ccc(Cl)cc2)ncc1C(=O)O. The molecule has 154 valence electrons. The van der Waals surface area contributed by atoms with E-state index >= 15 is 0 Å². The molecule has 5 nitrogen and oxygen atoms in total. The van der Waals surface area contributed by atoms with E-state index in [0.717, 1.165) is 25.8 Å². The van der Waals surface area contributed by atoms with Gasteiger partial charge >= 0.3 is 5.97 Å². The Balaban J connectivity index is 1.62. The minimum Gasteiger partial charge on any atom is -0.478 e. The summed E-state index contributed by atoms with van der Waals surface area (Å²) in [6.07, 6.45) is 4.79. The number of rotatable bonds is 6. The number of aryl methyl sites for hydroxylation is 3. The number of carboxylic acid groups (broad SMARTS) is 1. The molecule has 1 atom stereocenters. The number of hydrogen-bond donors (Lipinski definition) is 1. The summed E-state index contributed by atoms with van der Waals surface area (Å²) in [6, 6.07) is 16.2. The fourth-order valence-electron chi connectivity index (χ4n) is 4.10. The molecule has 30 heavy (non-hydrogen) atoms. The van der Waals surface area contributed by atoms with Crippen LogP contribution < -0.4 is 4.90 Å². The maximum absolute atomic E-state index is 11.7. The highest BCUT2D eigenvalue weighted by atomic mass is 35.5. The maximum atomic E-state index is 11.7. The van der Waals surface area contributed by atoms with Crippen molar-refractivity contribution in [1.82, 2.24) is 9.97 Å². The molecule has 0 bridgehead atoms. The maximum Gasteiger partial charge on any atom is 0.339 e. The molecule has 0 amide bonds. The second-order valence-electron chi connectivity index (χ2n) is 7.66. The van der Waals surface area contributed by atoms with Crippen LogP contribution in [0.2, 0.25) is 5.02 Å². The standard InChI is InChI=1S/C24H24ClN3O2/c1-16-5-2-3-6-17(16)10-13-21-20(23(29)30)15-26-24(27-21)28-14-4-7-22(28)18-8-11-19(25)12-9-18/h2-3,5-6,8-9,11-12,15,22H,4,7,10,13-14H2,1H3,(H,29,30)/t22-/m0/s1. The second-order valence-corrected chi connectivity index (χ2v) is 8.10. The fraction of sp³-hybridized carbons (Fsp3) is 0.292. The Kier molecular flexibility index (Phi) is 6.00. The summed E-state index contributed by atoms with van der Waals surface area (Å²) in [6.45, 7) is 2.91. The molecule has 0 unspecified atom stereocenters. The molecule has 1 saturated heterocycles. The lowest BCUT2D eigenvalue weighted by Gasteiger charge is -2.25. The normalized spacial score (nSPS) is 16.1. The van der Waals surface area contributed by atoms with Gasteiger partial charge in [0.25, 0.3) is 0 Å². The third-order valence-corrected chi connectivity index (χ3v) is 5.99. The first kappa shape index (κ1) is 20.4. The van der Waals surface area contributed by atoms with E-state index in [0.29, 0.717) is 23.1 Å². The molecule has 4 rings (SSSR count). The van der Waals surface area contributed by atoms with Crippen molar-refractivity contribution < 1.29 is 9.90 Å². The summed E-state index contributed by atoms with van der Waals surface area (Å²) in [5, 5.41) is 10.3. The summed E-state index contributed by atoms with van der Waals surface area (Å²) in [4.78, 5) is 23.1.